The van der Waals surface area contributed by atoms with Crippen molar-refractivity contribution in [1.29, 1.82) is 0 Å². The molecule has 0 spiro atoms. The topological polar surface area (TPSA) is 71.1 Å². The van der Waals surface area contributed by atoms with Gasteiger partial charge >= 0.3 is 0 Å². The summed E-state index contributed by atoms with van der Waals surface area (Å²) in [7, 11) is 1.75. The molecular weight excluding hydrogens is 242 g/mol. The molecular formula is C14H21N3O2. The van der Waals surface area contributed by atoms with Crippen molar-refractivity contribution >= 4 is 5.84 Å². The molecule has 1 aliphatic heterocycles. The molecule has 1 aliphatic rings. The van der Waals surface area contributed by atoms with Crippen LogP contribution in [0.2, 0.25) is 0 Å². The van der Waals surface area contributed by atoms with Crippen molar-refractivity contribution in [3.05, 3.63) is 35.9 Å². The molecule has 0 radical (unpaired) electrons. The van der Waals surface area contributed by atoms with Crippen LogP contribution in [-0.4, -0.2) is 42.2 Å². The highest BCUT2D eigenvalue weighted by Gasteiger charge is 2.29. The number of amidine groups is 1. The molecule has 19 heavy (non-hydrogen) atoms. The van der Waals surface area contributed by atoms with Crippen molar-refractivity contribution in [3.8, 4) is 0 Å². The van der Waals surface area contributed by atoms with Crippen LogP contribution >= 0.6 is 0 Å². The van der Waals surface area contributed by atoms with E-state index in [1.165, 1.54) is 5.56 Å². The first-order chi connectivity index (χ1) is 9.24. The first-order valence-electron chi connectivity index (χ1n) is 6.52. The third-order valence-corrected chi connectivity index (χ3v) is 3.67. The number of oxime groups is 1. The highest BCUT2D eigenvalue weighted by Crippen LogP contribution is 2.28. The Balaban J connectivity index is 2.15. The third kappa shape index (κ3) is 3.45. The number of benzene rings is 1. The third-order valence-electron chi connectivity index (χ3n) is 3.67. The van der Waals surface area contributed by atoms with Gasteiger partial charge in [-0.1, -0.05) is 35.5 Å². The van der Waals surface area contributed by atoms with E-state index >= 15 is 0 Å². The van der Waals surface area contributed by atoms with Gasteiger partial charge in [-0.05, 0) is 12.0 Å². The van der Waals surface area contributed by atoms with Gasteiger partial charge in [0.1, 0.15) is 5.84 Å². The number of ether oxygens (including phenoxy) is 1. The maximum Gasteiger partial charge on any atom is 0.141 e. The van der Waals surface area contributed by atoms with E-state index in [0.717, 1.165) is 19.5 Å². The number of likely N-dealkylation sites (tertiary alicyclic amines) is 1. The minimum atomic E-state index is 0.136. The van der Waals surface area contributed by atoms with Gasteiger partial charge in [0.15, 0.2) is 0 Å². The molecule has 0 aromatic heterocycles. The van der Waals surface area contributed by atoms with Crippen LogP contribution < -0.4 is 5.73 Å². The molecule has 0 bridgehead atoms. The zero-order valence-electron chi connectivity index (χ0n) is 11.2. The van der Waals surface area contributed by atoms with E-state index in [0.29, 0.717) is 6.42 Å². The second kappa shape index (κ2) is 6.54. The van der Waals surface area contributed by atoms with Gasteiger partial charge in [-0.25, -0.2) is 0 Å². The van der Waals surface area contributed by atoms with Crippen LogP contribution in [0.5, 0.6) is 0 Å². The Hall–Kier alpha value is -1.59. The van der Waals surface area contributed by atoms with Gasteiger partial charge in [-0.3, -0.25) is 4.90 Å². The van der Waals surface area contributed by atoms with Gasteiger partial charge in [-0.2, -0.15) is 0 Å². The van der Waals surface area contributed by atoms with E-state index < -0.39 is 0 Å². The molecule has 1 saturated heterocycles. The predicted molar refractivity (Wildman–Crippen MR) is 74.2 cm³/mol. The predicted octanol–water partition coefficient (Wildman–Crippen LogP) is 1.58. The summed E-state index contributed by atoms with van der Waals surface area (Å²) in [4.78, 5) is 2.33. The number of hydrogen-bond acceptors (Lipinski definition) is 4. The summed E-state index contributed by atoms with van der Waals surface area (Å²) in [5, 5.41) is 11.9. The van der Waals surface area contributed by atoms with Crippen molar-refractivity contribution in [2.45, 2.75) is 25.0 Å². The average molecular weight is 263 g/mol. The summed E-state index contributed by atoms with van der Waals surface area (Å²) in [6.07, 6.45) is 1.82. The first kappa shape index (κ1) is 13.8. The lowest BCUT2D eigenvalue weighted by molar-refractivity contribution is 0.101. The van der Waals surface area contributed by atoms with Crippen LogP contribution in [0.1, 0.15) is 24.4 Å². The molecule has 1 aromatic rings. The number of rotatable bonds is 5. The molecule has 2 unspecified atom stereocenters. The molecule has 0 saturated carbocycles. The summed E-state index contributed by atoms with van der Waals surface area (Å²) in [5.74, 6) is 0.259. The van der Waals surface area contributed by atoms with Gasteiger partial charge in [0, 0.05) is 32.7 Å². The van der Waals surface area contributed by atoms with Crippen molar-refractivity contribution in [1.82, 2.24) is 4.90 Å². The van der Waals surface area contributed by atoms with E-state index in [4.69, 9.17) is 15.7 Å². The molecule has 0 aliphatic carbocycles. The maximum absolute atomic E-state index is 8.79. The monoisotopic (exact) mass is 263 g/mol. The fourth-order valence-electron chi connectivity index (χ4n) is 2.60. The summed E-state index contributed by atoms with van der Waals surface area (Å²) >= 11 is 0. The smallest absolute Gasteiger partial charge is 0.141 e. The molecule has 1 fully saturated rings. The molecule has 1 heterocycles. The van der Waals surface area contributed by atoms with Crippen LogP contribution in [-0.2, 0) is 4.74 Å². The molecule has 2 rings (SSSR count). The van der Waals surface area contributed by atoms with Crippen LogP contribution in [0, 0.1) is 0 Å². The maximum atomic E-state index is 8.79. The van der Waals surface area contributed by atoms with E-state index in [-0.39, 0.29) is 18.0 Å². The van der Waals surface area contributed by atoms with Crippen LogP contribution in [0.3, 0.4) is 0 Å². The normalized spacial score (nSPS) is 22.6. The van der Waals surface area contributed by atoms with Gasteiger partial charge in [-0.15, -0.1) is 0 Å². The largest absolute Gasteiger partial charge is 0.409 e. The minimum Gasteiger partial charge on any atom is -0.409 e. The highest BCUT2D eigenvalue weighted by molar-refractivity contribution is 5.80. The highest BCUT2D eigenvalue weighted by atomic mass is 16.5. The molecule has 0 amide bonds. The zero-order valence-corrected chi connectivity index (χ0v) is 11.2. The average Bonchev–Trinajstić information content (AvgIpc) is 2.94. The summed E-state index contributed by atoms with van der Waals surface area (Å²) in [5.41, 5.74) is 6.87. The van der Waals surface area contributed by atoms with Gasteiger partial charge < -0.3 is 15.7 Å². The van der Waals surface area contributed by atoms with E-state index in [2.05, 4.69) is 22.2 Å². The van der Waals surface area contributed by atoms with Crippen molar-refractivity contribution in [3.63, 3.8) is 0 Å². The Labute approximate surface area is 113 Å². The van der Waals surface area contributed by atoms with Gasteiger partial charge in [0.05, 0.1) is 6.10 Å². The van der Waals surface area contributed by atoms with Crippen molar-refractivity contribution in [2.75, 3.05) is 20.2 Å². The Kier molecular flexibility index (Phi) is 4.76. The SMILES string of the molecule is COC1CCN(C(C/C(N)=N/O)c2ccccc2)C1. The fraction of sp³-hybridized carbons (Fsp3) is 0.500. The molecule has 104 valence electrons. The molecule has 5 nitrogen and oxygen atoms in total. The molecule has 1 aromatic carbocycles. The van der Waals surface area contributed by atoms with Crippen LogP contribution in [0.25, 0.3) is 0 Å². The summed E-state index contributed by atoms with van der Waals surface area (Å²) in [6.45, 7) is 1.85. The Bertz CT molecular complexity index is 422. The minimum absolute atomic E-state index is 0.136. The van der Waals surface area contributed by atoms with Crippen molar-refractivity contribution < 1.29 is 9.94 Å². The van der Waals surface area contributed by atoms with Crippen LogP contribution in [0.15, 0.2) is 35.5 Å². The molecule has 2 atom stereocenters. The lowest BCUT2D eigenvalue weighted by atomic mass is 10.0. The zero-order chi connectivity index (χ0) is 13.7. The Morgan fingerprint density at radius 3 is 2.84 bits per heavy atom. The number of nitrogens with two attached hydrogens (primary N) is 1. The second-order valence-electron chi connectivity index (χ2n) is 4.86. The summed E-state index contributed by atoms with van der Waals surface area (Å²) < 4.78 is 5.41. The van der Waals surface area contributed by atoms with Crippen molar-refractivity contribution in [2.24, 2.45) is 10.9 Å². The number of hydrogen-bond donors (Lipinski definition) is 2. The van der Waals surface area contributed by atoms with Gasteiger partial charge in [0.25, 0.3) is 0 Å². The lowest BCUT2D eigenvalue weighted by Gasteiger charge is -2.27. The van der Waals surface area contributed by atoms with Crippen LogP contribution in [0.4, 0.5) is 0 Å². The molecule has 3 N–H and O–H groups in total. The van der Waals surface area contributed by atoms with E-state index in [1.54, 1.807) is 7.11 Å². The standard InChI is InChI=1S/C14H21N3O2/c1-19-12-7-8-17(10-12)13(9-14(15)16-18)11-5-3-2-4-6-11/h2-6,12-13,18H,7-10H2,1H3,(H2,15,16). The number of nitrogens with zero attached hydrogens (tertiary/aromatic N) is 2. The fourth-order valence-corrected chi connectivity index (χ4v) is 2.60. The quantitative estimate of drug-likeness (QED) is 0.366. The lowest BCUT2D eigenvalue weighted by Crippen LogP contribution is -2.31. The Morgan fingerprint density at radius 2 is 2.26 bits per heavy atom. The van der Waals surface area contributed by atoms with Gasteiger partial charge in [0.2, 0.25) is 0 Å². The van der Waals surface area contributed by atoms with E-state index in [9.17, 15) is 0 Å². The number of methoxy groups -OCH3 is 1. The summed E-state index contributed by atoms with van der Waals surface area (Å²) in [6, 6.07) is 10.3. The molecule has 5 heteroatoms. The second-order valence-corrected chi connectivity index (χ2v) is 4.86. The van der Waals surface area contributed by atoms with E-state index in [1.807, 2.05) is 18.2 Å². The first-order valence-corrected chi connectivity index (χ1v) is 6.52. The Morgan fingerprint density at radius 1 is 1.53 bits per heavy atom.